The molecule has 2 N–H and O–H groups in total. The van der Waals surface area contributed by atoms with Crippen LogP contribution in [0.1, 0.15) is 11.3 Å². The molecule has 3 rings (SSSR count). The number of pyridine rings is 2. The van der Waals surface area contributed by atoms with Gasteiger partial charge in [-0.3, -0.25) is 19.8 Å². The molecule has 0 aliphatic carbocycles. The molecule has 26 heavy (non-hydrogen) atoms. The van der Waals surface area contributed by atoms with Crippen molar-refractivity contribution in [2.45, 2.75) is 13.1 Å². The first kappa shape index (κ1) is 19.5. The second-order valence-corrected chi connectivity index (χ2v) is 5.84. The first-order valence-electron chi connectivity index (χ1n) is 8.24. The smallest absolute Gasteiger partial charge is 0.414 e. The summed E-state index contributed by atoms with van der Waals surface area (Å²) in [6, 6.07) is 10.3. The van der Waals surface area contributed by atoms with Crippen molar-refractivity contribution in [3.8, 4) is 0 Å². The minimum Gasteiger partial charge on any atom is -0.473 e. The summed E-state index contributed by atoms with van der Waals surface area (Å²) in [7, 11) is 0. The van der Waals surface area contributed by atoms with Crippen molar-refractivity contribution in [3.05, 3.63) is 60.2 Å². The molecule has 3 heterocycles. The van der Waals surface area contributed by atoms with Crippen molar-refractivity contribution in [1.29, 1.82) is 0 Å². The molecule has 0 saturated carbocycles. The minimum atomic E-state index is -1.82. The standard InChI is InChI=1S/C16H20N4.C2H2O4/c1-2-7-18-16(5-1)14-20-10-8-19(9-11-20)13-15-4-3-6-17-12-15;3-1(4)2(5)6/h1-7,12H,8-11,13-14H2;(H,3,4)(H,5,6). The maximum absolute atomic E-state index is 9.10. The van der Waals surface area contributed by atoms with Gasteiger partial charge in [0.15, 0.2) is 0 Å². The third-order valence-electron chi connectivity index (χ3n) is 3.89. The van der Waals surface area contributed by atoms with E-state index in [0.29, 0.717) is 0 Å². The number of rotatable bonds is 4. The molecule has 2 aromatic heterocycles. The van der Waals surface area contributed by atoms with E-state index < -0.39 is 11.9 Å². The molecule has 1 fully saturated rings. The molecule has 8 heteroatoms. The molecule has 0 radical (unpaired) electrons. The van der Waals surface area contributed by atoms with E-state index in [9.17, 15) is 0 Å². The first-order valence-corrected chi connectivity index (χ1v) is 8.24. The van der Waals surface area contributed by atoms with E-state index in [-0.39, 0.29) is 0 Å². The topological polar surface area (TPSA) is 107 Å². The van der Waals surface area contributed by atoms with E-state index in [1.165, 1.54) is 5.56 Å². The largest absolute Gasteiger partial charge is 0.473 e. The lowest BCUT2D eigenvalue weighted by Gasteiger charge is -2.34. The number of hydrogen-bond acceptors (Lipinski definition) is 6. The Morgan fingerprint density at radius 3 is 2.04 bits per heavy atom. The Morgan fingerprint density at radius 2 is 1.54 bits per heavy atom. The van der Waals surface area contributed by atoms with Gasteiger partial charge in [-0.15, -0.1) is 0 Å². The first-order chi connectivity index (χ1) is 12.5. The molecule has 1 aliphatic heterocycles. The van der Waals surface area contributed by atoms with E-state index in [4.69, 9.17) is 19.8 Å². The number of carboxylic acids is 2. The normalized spacial score (nSPS) is 14.9. The van der Waals surface area contributed by atoms with Gasteiger partial charge in [0.05, 0.1) is 5.69 Å². The fraction of sp³-hybridized carbons (Fsp3) is 0.333. The second kappa shape index (κ2) is 10.2. The molecular weight excluding hydrogens is 336 g/mol. The number of aliphatic carboxylic acids is 2. The maximum atomic E-state index is 9.10. The van der Waals surface area contributed by atoms with E-state index in [2.05, 4.69) is 38.0 Å². The molecular formula is C18H22N4O4. The fourth-order valence-electron chi connectivity index (χ4n) is 2.58. The van der Waals surface area contributed by atoms with E-state index in [1.54, 1.807) is 0 Å². The number of carboxylic acid groups (broad SMARTS) is 2. The van der Waals surface area contributed by atoms with Crippen molar-refractivity contribution in [1.82, 2.24) is 19.8 Å². The molecule has 8 nitrogen and oxygen atoms in total. The second-order valence-electron chi connectivity index (χ2n) is 5.84. The van der Waals surface area contributed by atoms with E-state index in [1.807, 2.05) is 30.7 Å². The Kier molecular flexibility index (Phi) is 7.66. The van der Waals surface area contributed by atoms with Gasteiger partial charge in [0.2, 0.25) is 0 Å². The molecule has 0 amide bonds. The van der Waals surface area contributed by atoms with E-state index >= 15 is 0 Å². The quantitative estimate of drug-likeness (QED) is 0.778. The van der Waals surface area contributed by atoms with Crippen molar-refractivity contribution >= 4 is 11.9 Å². The van der Waals surface area contributed by atoms with Gasteiger partial charge in [0.25, 0.3) is 0 Å². The van der Waals surface area contributed by atoms with Gasteiger partial charge in [-0.05, 0) is 23.8 Å². The zero-order valence-electron chi connectivity index (χ0n) is 14.4. The predicted octanol–water partition coefficient (Wildman–Crippen LogP) is 0.950. The maximum Gasteiger partial charge on any atom is 0.414 e. The summed E-state index contributed by atoms with van der Waals surface area (Å²) in [5.74, 6) is -3.65. The highest BCUT2D eigenvalue weighted by atomic mass is 16.4. The molecule has 0 spiro atoms. The number of piperazine rings is 1. The van der Waals surface area contributed by atoms with Gasteiger partial charge in [0.1, 0.15) is 0 Å². The van der Waals surface area contributed by atoms with E-state index in [0.717, 1.165) is 45.0 Å². The van der Waals surface area contributed by atoms with Crippen LogP contribution >= 0.6 is 0 Å². The van der Waals surface area contributed by atoms with Gasteiger partial charge >= 0.3 is 11.9 Å². The molecule has 0 unspecified atom stereocenters. The third kappa shape index (κ3) is 6.96. The average Bonchev–Trinajstić information content (AvgIpc) is 2.65. The predicted molar refractivity (Wildman–Crippen MR) is 94.3 cm³/mol. The lowest BCUT2D eigenvalue weighted by molar-refractivity contribution is -0.159. The third-order valence-corrected chi connectivity index (χ3v) is 3.89. The molecule has 2 aromatic rings. The Labute approximate surface area is 151 Å². The van der Waals surface area contributed by atoms with Gasteiger partial charge in [-0.25, -0.2) is 9.59 Å². The lowest BCUT2D eigenvalue weighted by Crippen LogP contribution is -2.45. The van der Waals surface area contributed by atoms with Crippen LogP contribution in [-0.4, -0.2) is 68.1 Å². The van der Waals surface area contributed by atoms with Crippen LogP contribution in [0, 0.1) is 0 Å². The monoisotopic (exact) mass is 358 g/mol. The van der Waals surface area contributed by atoms with Crippen LogP contribution in [-0.2, 0) is 22.7 Å². The number of aromatic nitrogens is 2. The summed E-state index contributed by atoms with van der Waals surface area (Å²) < 4.78 is 0. The van der Waals surface area contributed by atoms with Crippen LogP contribution in [0.2, 0.25) is 0 Å². The molecule has 0 bridgehead atoms. The summed E-state index contributed by atoms with van der Waals surface area (Å²) in [4.78, 5) is 31.7. The highest BCUT2D eigenvalue weighted by molar-refractivity contribution is 6.27. The van der Waals surface area contributed by atoms with Crippen LogP contribution in [0.25, 0.3) is 0 Å². The highest BCUT2D eigenvalue weighted by Crippen LogP contribution is 2.09. The summed E-state index contributed by atoms with van der Waals surface area (Å²) in [5, 5.41) is 14.8. The summed E-state index contributed by atoms with van der Waals surface area (Å²) in [5.41, 5.74) is 2.46. The molecule has 0 aromatic carbocycles. The van der Waals surface area contributed by atoms with Gasteiger partial charge in [0, 0.05) is 57.9 Å². The van der Waals surface area contributed by atoms with Crippen LogP contribution in [0.15, 0.2) is 48.9 Å². The van der Waals surface area contributed by atoms with Gasteiger partial charge in [-0.1, -0.05) is 12.1 Å². The number of hydrogen-bond donors (Lipinski definition) is 2. The average molecular weight is 358 g/mol. The van der Waals surface area contributed by atoms with Crippen molar-refractivity contribution in [2.75, 3.05) is 26.2 Å². The van der Waals surface area contributed by atoms with Crippen molar-refractivity contribution in [3.63, 3.8) is 0 Å². The Balaban J connectivity index is 0.000000352. The summed E-state index contributed by atoms with van der Waals surface area (Å²) in [6.07, 6.45) is 5.66. The Bertz CT molecular complexity index is 627. The van der Waals surface area contributed by atoms with Crippen molar-refractivity contribution in [2.24, 2.45) is 0 Å². The van der Waals surface area contributed by atoms with Crippen LogP contribution in [0.3, 0.4) is 0 Å². The Hall–Kier alpha value is -2.84. The molecule has 0 atom stereocenters. The van der Waals surface area contributed by atoms with Gasteiger partial charge in [-0.2, -0.15) is 0 Å². The summed E-state index contributed by atoms with van der Waals surface area (Å²) in [6.45, 7) is 6.41. The Morgan fingerprint density at radius 1 is 0.885 bits per heavy atom. The van der Waals surface area contributed by atoms with Crippen LogP contribution < -0.4 is 0 Å². The lowest BCUT2D eigenvalue weighted by atomic mass is 10.2. The zero-order valence-corrected chi connectivity index (χ0v) is 14.4. The van der Waals surface area contributed by atoms with Crippen LogP contribution in [0.4, 0.5) is 0 Å². The van der Waals surface area contributed by atoms with Gasteiger partial charge < -0.3 is 10.2 Å². The number of nitrogens with zero attached hydrogens (tertiary/aromatic N) is 4. The minimum absolute atomic E-state index is 0.960. The molecule has 138 valence electrons. The molecule has 1 aliphatic rings. The zero-order chi connectivity index (χ0) is 18.8. The summed E-state index contributed by atoms with van der Waals surface area (Å²) >= 11 is 0. The van der Waals surface area contributed by atoms with Crippen molar-refractivity contribution < 1.29 is 19.8 Å². The SMILES string of the molecule is O=C(O)C(=O)O.c1ccc(CN2CCN(Cc3cccnc3)CC2)nc1. The number of carbonyl (C=O) groups is 2. The van der Waals surface area contributed by atoms with Crippen LogP contribution in [0.5, 0.6) is 0 Å². The highest BCUT2D eigenvalue weighted by Gasteiger charge is 2.17. The fourth-order valence-corrected chi connectivity index (χ4v) is 2.58. The molecule has 1 saturated heterocycles.